The summed E-state index contributed by atoms with van der Waals surface area (Å²) in [6.07, 6.45) is -1.01. The number of hydrogen-bond donors (Lipinski definition) is 2. The summed E-state index contributed by atoms with van der Waals surface area (Å²) < 4.78 is 24.0. The Hall–Kier alpha value is -2.71. The summed E-state index contributed by atoms with van der Waals surface area (Å²) in [5, 5.41) is 18.5. The molecule has 2 aliphatic rings. The lowest BCUT2D eigenvalue weighted by atomic mass is 10.0. The van der Waals surface area contributed by atoms with Crippen molar-refractivity contribution in [2.24, 2.45) is 0 Å². The minimum absolute atomic E-state index is 0.0224. The van der Waals surface area contributed by atoms with E-state index >= 15 is 0 Å². The number of morpholine rings is 2. The Labute approximate surface area is 293 Å². The smallest absolute Gasteiger partial charge is 0.410 e. The number of carboxylic acid groups (broad SMARTS) is 1. The van der Waals surface area contributed by atoms with Gasteiger partial charge in [-0.15, -0.1) is 0 Å². The van der Waals surface area contributed by atoms with E-state index in [9.17, 15) is 19.5 Å². The number of carboxylic acids is 1. The lowest BCUT2D eigenvalue weighted by molar-refractivity contribution is -0.158. The lowest BCUT2D eigenvalue weighted by Crippen LogP contribution is -2.56. The van der Waals surface area contributed by atoms with Crippen LogP contribution in [0.25, 0.3) is 0 Å². The second-order valence-electron chi connectivity index (χ2n) is 13.5. The van der Waals surface area contributed by atoms with Crippen LogP contribution in [0.15, 0.2) is 57.5 Å². The highest BCUT2D eigenvalue weighted by Crippen LogP contribution is 2.23. The van der Waals surface area contributed by atoms with Gasteiger partial charge >= 0.3 is 18.2 Å². The Morgan fingerprint density at radius 1 is 0.745 bits per heavy atom. The summed E-state index contributed by atoms with van der Waals surface area (Å²) in [5.74, 6) is -1.08. The second-order valence-corrected chi connectivity index (χ2v) is 15.4. The van der Waals surface area contributed by atoms with Crippen molar-refractivity contribution >= 4 is 50.0 Å². The average Bonchev–Trinajstić information content (AvgIpc) is 2.98. The molecule has 13 heteroatoms. The first-order valence-electron chi connectivity index (χ1n) is 15.5. The van der Waals surface area contributed by atoms with Crippen LogP contribution in [0.4, 0.5) is 9.59 Å². The molecule has 2 fully saturated rings. The van der Waals surface area contributed by atoms with Gasteiger partial charge in [0.05, 0.1) is 51.1 Å². The van der Waals surface area contributed by atoms with Gasteiger partial charge in [-0.2, -0.15) is 0 Å². The molecule has 260 valence electrons. The van der Waals surface area contributed by atoms with Gasteiger partial charge in [-0.3, -0.25) is 9.80 Å². The molecule has 2 saturated heterocycles. The summed E-state index contributed by atoms with van der Waals surface area (Å²) in [5.41, 5.74) is 0.967. The van der Waals surface area contributed by atoms with Gasteiger partial charge in [0.25, 0.3) is 0 Å². The zero-order valence-electron chi connectivity index (χ0n) is 27.8. The molecule has 0 bridgehead atoms. The van der Waals surface area contributed by atoms with E-state index in [1.807, 2.05) is 69.3 Å². The van der Waals surface area contributed by atoms with Crippen molar-refractivity contribution in [1.29, 1.82) is 0 Å². The molecule has 0 spiro atoms. The van der Waals surface area contributed by atoms with Crippen molar-refractivity contribution < 1.29 is 43.5 Å². The highest BCUT2D eigenvalue weighted by atomic mass is 79.9. The minimum Gasteiger partial charge on any atom is -0.479 e. The molecule has 0 unspecified atom stereocenters. The fourth-order valence-electron chi connectivity index (χ4n) is 4.93. The van der Waals surface area contributed by atoms with Crippen LogP contribution in [0.2, 0.25) is 0 Å². The first-order valence-corrected chi connectivity index (χ1v) is 17.1. The van der Waals surface area contributed by atoms with Crippen molar-refractivity contribution in [1.82, 2.24) is 9.80 Å². The Morgan fingerprint density at radius 2 is 1.15 bits per heavy atom. The maximum absolute atomic E-state index is 12.5. The topological polar surface area (TPSA) is 135 Å². The highest BCUT2D eigenvalue weighted by molar-refractivity contribution is 9.10. The number of ether oxygens (including phenoxy) is 4. The Bertz CT molecular complexity index is 1330. The Kier molecular flexibility index (Phi) is 14.1. The molecule has 2 N–H and O–H groups in total. The van der Waals surface area contributed by atoms with Crippen LogP contribution in [0.3, 0.4) is 0 Å². The third kappa shape index (κ3) is 13.0. The summed E-state index contributed by atoms with van der Waals surface area (Å²) in [7, 11) is 0. The van der Waals surface area contributed by atoms with Crippen LogP contribution in [0.1, 0.15) is 52.7 Å². The number of aliphatic carboxylic acids is 1. The van der Waals surface area contributed by atoms with E-state index in [2.05, 4.69) is 31.9 Å². The maximum Gasteiger partial charge on any atom is 0.410 e. The van der Waals surface area contributed by atoms with Crippen LogP contribution >= 0.6 is 31.9 Å². The maximum atomic E-state index is 12.5. The van der Waals surface area contributed by atoms with E-state index in [1.165, 1.54) is 4.90 Å². The van der Waals surface area contributed by atoms with Gasteiger partial charge in [0.2, 0.25) is 0 Å². The largest absolute Gasteiger partial charge is 0.479 e. The van der Waals surface area contributed by atoms with E-state index in [-0.39, 0.29) is 44.0 Å². The zero-order chi connectivity index (χ0) is 34.9. The number of hydrogen-bond acceptors (Lipinski definition) is 8. The second kappa shape index (κ2) is 17.1. The molecule has 0 aliphatic carbocycles. The number of nitrogens with zero attached hydrogens (tertiary/aromatic N) is 2. The number of carbonyl (C=O) groups excluding carboxylic acids is 2. The first kappa shape index (κ1) is 38.7. The predicted octanol–water partition coefficient (Wildman–Crippen LogP) is 6.07. The molecule has 4 rings (SSSR count). The van der Waals surface area contributed by atoms with Crippen LogP contribution < -0.4 is 0 Å². The molecule has 2 aromatic carbocycles. The van der Waals surface area contributed by atoms with Gasteiger partial charge in [0, 0.05) is 8.95 Å². The Balaban J connectivity index is 0.000000256. The van der Waals surface area contributed by atoms with E-state index in [0.29, 0.717) is 26.0 Å². The van der Waals surface area contributed by atoms with Crippen molar-refractivity contribution in [2.45, 2.75) is 89.9 Å². The Morgan fingerprint density at radius 3 is 1.53 bits per heavy atom. The third-order valence-electron chi connectivity index (χ3n) is 7.16. The fraction of sp³-hybridized carbons (Fsp3) is 0.559. The summed E-state index contributed by atoms with van der Waals surface area (Å²) in [6, 6.07) is 15.4. The molecule has 0 aromatic heterocycles. The minimum atomic E-state index is -1.08. The van der Waals surface area contributed by atoms with Crippen molar-refractivity contribution in [2.75, 3.05) is 32.9 Å². The van der Waals surface area contributed by atoms with Crippen LogP contribution in [0.5, 0.6) is 0 Å². The van der Waals surface area contributed by atoms with Gasteiger partial charge in [0.15, 0.2) is 6.10 Å². The van der Waals surface area contributed by atoms with E-state index in [4.69, 9.17) is 24.1 Å². The molecule has 2 aliphatic heterocycles. The number of halogens is 2. The summed E-state index contributed by atoms with van der Waals surface area (Å²) in [6.45, 7) is 11.6. The standard InChI is InChI=1S/C17H22BrNO5.C17H24BrNO4/c1-17(2,3)24-16(22)19-9-14(15(20)21)23-10-13(19)8-11-4-6-12(18)7-5-11;1-17(2,3)23-16(21)19-9-15(10-20)22-11-14(19)8-12-4-6-13(18)7-5-12/h4-7,13-14H,8-10H2,1-3H3,(H,20,21);4-7,14-15,20H,8-11H2,1-3H3/t13-,14+;14-,15+/m00/s1. The highest BCUT2D eigenvalue weighted by Gasteiger charge is 2.38. The fourth-order valence-corrected chi connectivity index (χ4v) is 5.46. The number of amides is 2. The number of aliphatic hydroxyl groups excluding tert-OH is 1. The van der Waals surface area contributed by atoms with Gasteiger partial charge < -0.3 is 29.2 Å². The predicted molar refractivity (Wildman–Crippen MR) is 183 cm³/mol. The molecule has 2 amide bonds. The summed E-state index contributed by atoms with van der Waals surface area (Å²) >= 11 is 6.81. The normalized spacial score (nSPS) is 21.7. The van der Waals surface area contributed by atoms with Crippen LogP contribution in [-0.4, -0.2) is 107 Å². The van der Waals surface area contributed by atoms with E-state index < -0.39 is 29.4 Å². The molecular weight excluding hydrogens is 740 g/mol. The molecule has 2 heterocycles. The molecule has 2 aromatic rings. The molecule has 0 radical (unpaired) electrons. The van der Waals surface area contributed by atoms with Crippen molar-refractivity contribution in [3.63, 3.8) is 0 Å². The molecule has 47 heavy (non-hydrogen) atoms. The van der Waals surface area contributed by atoms with Crippen LogP contribution in [0, 0.1) is 0 Å². The van der Waals surface area contributed by atoms with Gasteiger partial charge in [-0.25, -0.2) is 14.4 Å². The lowest BCUT2D eigenvalue weighted by Gasteiger charge is -2.39. The van der Waals surface area contributed by atoms with Gasteiger partial charge in [-0.05, 0) is 89.8 Å². The van der Waals surface area contributed by atoms with Gasteiger partial charge in [-0.1, -0.05) is 56.1 Å². The van der Waals surface area contributed by atoms with Crippen molar-refractivity contribution in [3.8, 4) is 0 Å². The average molecular weight is 787 g/mol. The van der Waals surface area contributed by atoms with Crippen molar-refractivity contribution in [3.05, 3.63) is 68.6 Å². The number of rotatable bonds is 6. The first-order chi connectivity index (χ1) is 21.9. The number of aliphatic hydroxyl groups is 1. The number of benzene rings is 2. The quantitative estimate of drug-likeness (QED) is 0.358. The van der Waals surface area contributed by atoms with E-state index in [0.717, 1.165) is 20.1 Å². The molecular formula is C34H46Br2N2O9. The summed E-state index contributed by atoms with van der Waals surface area (Å²) in [4.78, 5) is 39.3. The molecule has 4 atom stereocenters. The molecule has 0 saturated carbocycles. The molecule has 11 nitrogen and oxygen atoms in total. The third-order valence-corrected chi connectivity index (χ3v) is 8.22. The zero-order valence-corrected chi connectivity index (χ0v) is 31.0. The monoisotopic (exact) mass is 784 g/mol. The number of carbonyl (C=O) groups is 3. The van der Waals surface area contributed by atoms with Gasteiger partial charge in [0.1, 0.15) is 11.2 Å². The van der Waals surface area contributed by atoms with Crippen LogP contribution in [-0.2, 0) is 36.6 Å². The SMILES string of the molecule is CC(C)(C)OC(=O)N1C[C@H](C(=O)O)OC[C@@H]1Cc1ccc(Br)cc1.CC(C)(C)OC(=O)N1C[C@H](CO)OC[C@@H]1Cc1ccc(Br)cc1. The van der Waals surface area contributed by atoms with E-state index in [1.54, 1.807) is 25.7 Å².